The van der Waals surface area contributed by atoms with Crippen molar-refractivity contribution in [2.45, 2.75) is 18.9 Å². The lowest BCUT2D eigenvalue weighted by Crippen LogP contribution is -2.45. The van der Waals surface area contributed by atoms with E-state index in [2.05, 4.69) is 10.6 Å². The molecule has 2 aliphatic rings. The SMILES string of the molecule is O=C(Nc1ccc(Cl)cc1)C1CCCN1C(=O)Nc1ccc(N2CCOCC2=O)cc1. The third kappa shape index (κ3) is 4.98. The summed E-state index contributed by atoms with van der Waals surface area (Å²) in [5.41, 5.74) is 1.99. The lowest BCUT2D eigenvalue weighted by Gasteiger charge is -2.27. The highest BCUT2D eigenvalue weighted by Gasteiger charge is 2.34. The second-order valence-electron chi connectivity index (χ2n) is 7.42. The molecular weight excluding hydrogens is 420 g/mol. The Kier molecular flexibility index (Phi) is 6.39. The van der Waals surface area contributed by atoms with Crippen LogP contribution in [0.3, 0.4) is 0 Å². The van der Waals surface area contributed by atoms with Gasteiger partial charge in [-0.1, -0.05) is 11.6 Å². The minimum atomic E-state index is -0.541. The van der Waals surface area contributed by atoms with Crippen LogP contribution >= 0.6 is 11.6 Å². The van der Waals surface area contributed by atoms with Gasteiger partial charge in [0.1, 0.15) is 12.6 Å². The van der Waals surface area contributed by atoms with Crippen LogP contribution in [0, 0.1) is 0 Å². The summed E-state index contributed by atoms with van der Waals surface area (Å²) in [5.74, 6) is -0.314. The van der Waals surface area contributed by atoms with Crippen molar-refractivity contribution in [1.82, 2.24) is 4.90 Å². The van der Waals surface area contributed by atoms with Crippen molar-refractivity contribution >= 4 is 46.5 Å². The Morgan fingerprint density at radius 3 is 2.35 bits per heavy atom. The van der Waals surface area contributed by atoms with Gasteiger partial charge in [-0.15, -0.1) is 0 Å². The van der Waals surface area contributed by atoms with E-state index < -0.39 is 6.04 Å². The van der Waals surface area contributed by atoms with E-state index in [4.69, 9.17) is 16.3 Å². The molecule has 2 aromatic carbocycles. The number of carbonyl (C=O) groups excluding carboxylic acids is 3. The number of likely N-dealkylation sites (tertiary alicyclic amines) is 1. The first-order chi connectivity index (χ1) is 15.0. The lowest BCUT2D eigenvalue weighted by atomic mass is 10.2. The molecule has 1 atom stereocenters. The van der Waals surface area contributed by atoms with Gasteiger partial charge in [-0.3, -0.25) is 9.59 Å². The second-order valence-corrected chi connectivity index (χ2v) is 7.86. The van der Waals surface area contributed by atoms with E-state index in [1.807, 2.05) is 0 Å². The number of urea groups is 1. The summed E-state index contributed by atoms with van der Waals surface area (Å²) in [6, 6.07) is 13.0. The van der Waals surface area contributed by atoms with E-state index in [1.165, 1.54) is 0 Å². The van der Waals surface area contributed by atoms with Crippen molar-refractivity contribution in [2.24, 2.45) is 0 Å². The first-order valence-corrected chi connectivity index (χ1v) is 10.5. The standard InChI is InChI=1S/C22H23ClN4O4/c23-15-3-5-16(6-4-15)24-21(29)19-2-1-11-27(19)22(30)25-17-7-9-18(10-8-17)26-12-13-31-14-20(26)28/h3-10,19H,1-2,11-14H2,(H,24,29)(H,25,30). The number of benzene rings is 2. The summed E-state index contributed by atoms with van der Waals surface area (Å²) < 4.78 is 5.15. The molecule has 2 N–H and O–H groups in total. The van der Waals surface area contributed by atoms with Gasteiger partial charge in [-0.2, -0.15) is 0 Å². The second kappa shape index (κ2) is 9.36. The minimum absolute atomic E-state index is 0.0763. The summed E-state index contributed by atoms with van der Waals surface area (Å²) in [5, 5.41) is 6.27. The summed E-state index contributed by atoms with van der Waals surface area (Å²) >= 11 is 5.88. The van der Waals surface area contributed by atoms with E-state index in [-0.39, 0.29) is 24.5 Å². The number of nitrogens with zero attached hydrogens (tertiary/aromatic N) is 2. The van der Waals surface area contributed by atoms with Crippen molar-refractivity contribution in [1.29, 1.82) is 0 Å². The Balaban J connectivity index is 1.37. The maximum absolute atomic E-state index is 12.8. The van der Waals surface area contributed by atoms with E-state index in [0.29, 0.717) is 42.5 Å². The fourth-order valence-corrected chi connectivity index (χ4v) is 3.88. The molecule has 4 rings (SSSR count). The zero-order valence-electron chi connectivity index (χ0n) is 16.8. The molecule has 2 aliphatic heterocycles. The van der Waals surface area contributed by atoms with Crippen LogP contribution < -0.4 is 15.5 Å². The molecule has 0 radical (unpaired) electrons. The van der Waals surface area contributed by atoms with Gasteiger partial charge in [-0.05, 0) is 61.4 Å². The zero-order chi connectivity index (χ0) is 21.8. The van der Waals surface area contributed by atoms with Gasteiger partial charge in [0.15, 0.2) is 0 Å². The van der Waals surface area contributed by atoms with Crippen LogP contribution in [0.5, 0.6) is 0 Å². The molecule has 1 unspecified atom stereocenters. The van der Waals surface area contributed by atoms with Crippen molar-refractivity contribution < 1.29 is 19.1 Å². The van der Waals surface area contributed by atoms with Gasteiger partial charge < -0.3 is 25.2 Å². The Labute approximate surface area is 185 Å². The normalized spacial score (nSPS) is 18.7. The van der Waals surface area contributed by atoms with Crippen LogP contribution in [0.1, 0.15) is 12.8 Å². The number of hydrogen-bond acceptors (Lipinski definition) is 4. The first-order valence-electron chi connectivity index (χ1n) is 10.1. The smallest absolute Gasteiger partial charge is 0.322 e. The Morgan fingerprint density at radius 2 is 1.65 bits per heavy atom. The number of rotatable bonds is 4. The molecule has 0 aromatic heterocycles. The summed E-state index contributed by atoms with van der Waals surface area (Å²) in [4.78, 5) is 40.7. The fourth-order valence-electron chi connectivity index (χ4n) is 3.75. The third-order valence-electron chi connectivity index (χ3n) is 5.34. The average molecular weight is 443 g/mol. The molecule has 2 fully saturated rings. The van der Waals surface area contributed by atoms with Crippen LogP contribution in [0.15, 0.2) is 48.5 Å². The van der Waals surface area contributed by atoms with Crippen LogP contribution in [0.2, 0.25) is 5.02 Å². The molecule has 4 amide bonds. The highest BCUT2D eigenvalue weighted by Crippen LogP contribution is 2.23. The summed E-state index contributed by atoms with van der Waals surface area (Å²) in [6.07, 6.45) is 1.36. The Bertz CT molecular complexity index is 964. The molecular formula is C22H23ClN4O4. The molecule has 31 heavy (non-hydrogen) atoms. The predicted octanol–water partition coefficient (Wildman–Crippen LogP) is 3.34. The van der Waals surface area contributed by atoms with Gasteiger partial charge in [0.25, 0.3) is 5.91 Å². The lowest BCUT2D eigenvalue weighted by molar-refractivity contribution is -0.125. The van der Waals surface area contributed by atoms with E-state index in [1.54, 1.807) is 58.3 Å². The number of ether oxygens (including phenoxy) is 1. The number of anilines is 3. The quantitative estimate of drug-likeness (QED) is 0.759. The predicted molar refractivity (Wildman–Crippen MR) is 118 cm³/mol. The first kappa shape index (κ1) is 21.1. The molecule has 162 valence electrons. The molecule has 9 heteroatoms. The van der Waals surface area contributed by atoms with E-state index in [9.17, 15) is 14.4 Å². The molecule has 2 aromatic rings. The highest BCUT2D eigenvalue weighted by atomic mass is 35.5. The maximum Gasteiger partial charge on any atom is 0.322 e. The van der Waals surface area contributed by atoms with Crippen LogP contribution in [-0.4, -0.2) is 55.1 Å². The fraction of sp³-hybridized carbons (Fsp3) is 0.318. The third-order valence-corrected chi connectivity index (χ3v) is 5.60. The highest BCUT2D eigenvalue weighted by molar-refractivity contribution is 6.30. The van der Waals surface area contributed by atoms with Crippen molar-refractivity contribution in [3.8, 4) is 0 Å². The molecule has 0 saturated carbocycles. The van der Waals surface area contributed by atoms with Gasteiger partial charge in [-0.25, -0.2) is 4.79 Å². The Hall–Kier alpha value is -3.10. The number of halogens is 1. The monoisotopic (exact) mass is 442 g/mol. The minimum Gasteiger partial charge on any atom is -0.370 e. The molecule has 8 nitrogen and oxygen atoms in total. The van der Waals surface area contributed by atoms with Crippen LogP contribution in [0.25, 0.3) is 0 Å². The maximum atomic E-state index is 12.8. The number of morpholine rings is 1. The molecule has 0 spiro atoms. The number of amides is 4. The Morgan fingerprint density at radius 1 is 0.968 bits per heavy atom. The molecule has 2 heterocycles. The molecule has 0 bridgehead atoms. The number of nitrogens with one attached hydrogen (secondary N) is 2. The number of hydrogen-bond donors (Lipinski definition) is 2. The van der Waals surface area contributed by atoms with Crippen molar-refractivity contribution in [2.75, 3.05) is 41.8 Å². The molecule has 0 aliphatic carbocycles. The molecule has 2 saturated heterocycles. The largest absolute Gasteiger partial charge is 0.370 e. The topological polar surface area (TPSA) is 91.0 Å². The number of carbonyl (C=O) groups is 3. The van der Waals surface area contributed by atoms with E-state index >= 15 is 0 Å². The van der Waals surface area contributed by atoms with Gasteiger partial charge in [0, 0.05) is 35.2 Å². The van der Waals surface area contributed by atoms with E-state index in [0.717, 1.165) is 12.1 Å². The van der Waals surface area contributed by atoms with Crippen LogP contribution in [-0.2, 0) is 14.3 Å². The van der Waals surface area contributed by atoms with Crippen molar-refractivity contribution in [3.05, 3.63) is 53.6 Å². The van der Waals surface area contributed by atoms with Gasteiger partial charge in [0.05, 0.1) is 6.61 Å². The van der Waals surface area contributed by atoms with Crippen LogP contribution in [0.4, 0.5) is 21.9 Å². The summed E-state index contributed by atoms with van der Waals surface area (Å²) in [7, 11) is 0. The van der Waals surface area contributed by atoms with Gasteiger partial charge in [0.2, 0.25) is 5.91 Å². The van der Waals surface area contributed by atoms with Gasteiger partial charge >= 0.3 is 6.03 Å². The van der Waals surface area contributed by atoms with Crippen molar-refractivity contribution in [3.63, 3.8) is 0 Å². The summed E-state index contributed by atoms with van der Waals surface area (Å²) in [6.45, 7) is 1.58. The zero-order valence-corrected chi connectivity index (χ0v) is 17.6. The average Bonchev–Trinajstić information content (AvgIpc) is 3.27.